The highest BCUT2D eigenvalue weighted by atomic mass is 19.4. The monoisotopic (exact) mass is 229 g/mol. The number of carboxylic acid groups (broad SMARTS) is 1. The molecule has 0 heterocycles. The average molecular weight is 229 g/mol. The lowest BCUT2D eigenvalue weighted by Gasteiger charge is -2.26. The SMILES string of the molecule is CCC(C(=O)O)N(C)CC(O)C(F)(F)F. The molecule has 2 atom stereocenters. The van der Waals surface area contributed by atoms with Gasteiger partial charge in [0.1, 0.15) is 6.04 Å². The third kappa shape index (κ3) is 4.48. The molecule has 0 fully saturated rings. The summed E-state index contributed by atoms with van der Waals surface area (Å²) in [5.74, 6) is -1.20. The van der Waals surface area contributed by atoms with Gasteiger partial charge < -0.3 is 10.2 Å². The molecule has 0 rings (SSSR count). The zero-order chi connectivity index (χ0) is 12.2. The maximum Gasteiger partial charge on any atom is 0.415 e. The third-order valence-corrected chi connectivity index (χ3v) is 2.04. The second-order valence-corrected chi connectivity index (χ2v) is 3.26. The Labute approximate surface area is 85.3 Å². The molecule has 0 aromatic heterocycles. The molecule has 15 heavy (non-hydrogen) atoms. The highest BCUT2D eigenvalue weighted by molar-refractivity contribution is 5.73. The Morgan fingerprint density at radius 1 is 1.47 bits per heavy atom. The lowest BCUT2D eigenvalue weighted by atomic mass is 10.2. The molecule has 2 N–H and O–H groups in total. The molecule has 0 aliphatic carbocycles. The summed E-state index contributed by atoms with van der Waals surface area (Å²) in [7, 11) is 1.23. The zero-order valence-corrected chi connectivity index (χ0v) is 8.45. The predicted octanol–water partition coefficient (Wildman–Crippen LogP) is 0.705. The van der Waals surface area contributed by atoms with Crippen molar-refractivity contribution < 1.29 is 28.2 Å². The molecule has 0 aliphatic heterocycles. The number of hydrogen-bond donors (Lipinski definition) is 2. The van der Waals surface area contributed by atoms with E-state index in [1.165, 1.54) is 7.05 Å². The molecule has 90 valence electrons. The van der Waals surface area contributed by atoms with Crippen molar-refractivity contribution in [3.63, 3.8) is 0 Å². The van der Waals surface area contributed by atoms with Crippen molar-refractivity contribution in [3.8, 4) is 0 Å². The van der Waals surface area contributed by atoms with Crippen molar-refractivity contribution in [2.75, 3.05) is 13.6 Å². The van der Waals surface area contributed by atoms with Gasteiger partial charge in [0.25, 0.3) is 0 Å². The van der Waals surface area contributed by atoms with E-state index in [1.807, 2.05) is 0 Å². The lowest BCUT2D eigenvalue weighted by molar-refractivity contribution is -0.209. The van der Waals surface area contributed by atoms with E-state index in [4.69, 9.17) is 10.2 Å². The standard InChI is InChI=1S/C8H14F3NO3/c1-3-5(7(14)15)12(2)4-6(13)8(9,10)11/h5-6,13H,3-4H2,1-2H3,(H,14,15). The van der Waals surface area contributed by atoms with Gasteiger partial charge in [-0.3, -0.25) is 9.69 Å². The summed E-state index contributed by atoms with van der Waals surface area (Å²) in [4.78, 5) is 11.6. The van der Waals surface area contributed by atoms with Crippen LogP contribution in [0.5, 0.6) is 0 Å². The molecule has 4 nitrogen and oxygen atoms in total. The first-order valence-corrected chi connectivity index (χ1v) is 4.38. The maximum absolute atomic E-state index is 12.0. The van der Waals surface area contributed by atoms with Gasteiger partial charge >= 0.3 is 12.1 Å². The zero-order valence-electron chi connectivity index (χ0n) is 8.45. The van der Waals surface area contributed by atoms with Gasteiger partial charge in [0, 0.05) is 6.54 Å². The van der Waals surface area contributed by atoms with E-state index in [0.29, 0.717) is 0 Å². The minimum absolute atomic E-state index is 0.177. The molecule has 2 unspecified atom stereocenters. The van der Waals surface area contributed by atoms with Gasteiger partial charge in [-0.15, -0.1) is 0 Å². The third-order valence-electron chi connectivity index (χ3n) is 2.04. The molecule has 0 amide bonds. The Kier molecular flexibility index (Phi) is 5.02. The number of aliphatic carboxylic acids is 1. The summed E-state index contributed by atoms with van der Waals surface area (Å²) >= 11 is 0. The van der Waals surface area contributed by atoms with Crippen LogP contribution in [0.2, 0.25) is 0 Å². The van der Waals surface area contributed by atoms with Gasteiger partial charge in [-0.05, 0) is 13.5 Å². The number of alkyl halides is 3. The van der Waals surface area contributed by atoms with Crippen molar-refractivity contribution in [2.45, 2.75) is 31.7 Å². The van der Waals surface area contributed by atoms with Crippen LogP contribution in [0, 0.1) is 0 Å². The van der Waals surface area contributed by atoms with Crippen LogP contribution < -0.4 is 0 Å². The predicted molar refractivity (Wildman–Crippen MR) is 46.4 cm³/mol. The number of halogens is 3. The van der Waals surface area contributed by atoms with E-state index in [9.17, 15) is 18.0 Å². The van der Waals surface area contributed by atoms with Crippen LogP contribution in [0.15, 0.2) is 0 Å². The molecule has 0 radical (unpaired) electrons. The van der Waals surface area contributed by atoms with Crippen LogP contribution in [0.4, 0.5) is 13.2 Å². The van der Waals surface area contributed by atoms with Crippen molar-refractivity contribution in [1.82, 2.24) is 4.90 Å². The van der Waals surface area contributed by atoms with Crippen LogP contribution in [0.3, 0.4) is 0 Å². The average Bonchev–Trinajstić information content (AvgIpc) is 2.02. The van der Waals surface area contributed by atoms with Crippen LogP contribution in [-0.2, 0) is 4.79 Å². The number of nitrogens with zero attached hydrogens (tertiary/aromatic N) is 1. The Hall–Kier alpha value is -0.820. The van der Waals surface area contributed by atoms with E-state index < -0.39 is 30.8 Å². The second-order valence-electron chi connectivity index (χ2n) is 3.26. The Bertz CT molecular complexity index is 220. The smallest absolute Gasteiger partial charge is 0.415 e. The van der Waals surface area contributed by atoms with Gasteiger partial charge in [0.15, 0.2) is 6.10 Å². The fraction of sp³-hybridized carbons (Fsp3) is 0.875. The topological polar surface area (TPSA) is 60.8 Å². The number of carboxylic acids is 1. The quantitative estimate of drug-likeness (QED) is 0.728. The summed E-state index contributed by atoms with van der Waals surface area (Å²) in [6.07, 6.45) is -7.06. The number of likely N-dealkylation sites (N-methyl/N-ethyl adjacent to an activating group) is 1. The second kappa shape index (κ2) is 5.32. The molecule has 0 saturated carbocycles. The number of aliphatic hydroxyl groups excluding tert-OH is 1. The van der Waals surface area contributed by atoms with E-state index in [1.54, 1.807) is 6.92 Å². The van der Waals surface area contributed by atoms with Gasteiger partial charge in [0.05, 0.1) is 0 Å². The van der Waals surface area contributed by atoms with Crippen molar-refractivity contribution >= 4 is 5.97 Å². The van der Waals surface area contributed by atoms with Gasteiger partial charge in [-0.25, -0.2) is 0 Å². The molecule has 0 aliphatic rings. The first-order valence-electron chi connectivity index (χ1n) is 4.38. The van der Waals surface area contributed by atoms with Crippen molar-refractivity contribution in [2.24, 2.45) is 0 Å². The number of carbonyl (C=O) groups is 1. The fourth-order valence-electron chi connectivity index (χ4n) is 1.18. The van der Waals surface area contributed by atoms with Crippen LogP contribution >= 0.6 is 0 Å². The summed E-state index contributed by atoms with van der Waals surface area (Å²) in [6.45, 7) is 0.809. The number of hydrogen-bond acceptors (Lipinski definition) is 3. The largest absolute Gasteiger partial charge is 0.480 e. The van der Waals surface area contributed by atoms with E-state index in [0.717, 1.165) is 4.90 Å². The molecule has 0 saturated heterocycles. The Balaban J connectivity index is 4.34. The van der Waals surface area contributed by atoms with Gasteiger partial charge in [-0.1, -0.05) is 6.92 Å². The van der Waals surface area contributed by atoms with Crippen molar-refractivity contribution in [3.05, 3.63) is 0 Å². The first-order chi connectivity index (χ1) is 6.70. The van der Waals surface area contributed by atoms with Crippen LogP contribution in [0.1, 0.15) is 13.3 Å². The Morgan fingerprint density at radius 3 is 2.20 bits per heavy atom. The summed E-state index contributed by atoms with van der Waals surface area (Å²) in [6, 6.07) is -1.01. The van der Waals surface area contributed by atoms with E-state index in [-0.39, 0.29) is 6.42 Å². The summed E-state index contributed by atoms with van der Waals surface area (Å²) in [5.41, 5.74) is 0. The number of aliphatic hydroxyl groups is 1. The molecular formula is C8H14F3NO3. The summed E-state index contributed by atoms with van der Waals surface area (Å²) in [5, 5.41) is 17.4. The molecule has 0 bridgehead atoms. The number of rotatable bonds is 5. The highest BCUT2D eigenvalue weighted by Crippen LogP contribution is 2.21. The van der Waals surface area contributed by atoms with Crippen LogP contribution in [0.25, 0.3) is 0 Å². The maximum atomic E-state index is 12.0. The highest BCUT2D eigenvalue weighted by Gasteiger charge is 2.39. The fourth-order valence-corrected chi connectivity index (χ4v) is 1.18. The minimum Gasteiger partial charge on any atom is -0.480 e. The van der Waals surface area contributed by atoms with E-state index in [2.05, 4.69) is 0 Å². The van der Waals surface area contributed by atoms with Gasteiger partial charge in [-0.2, -0.15) is 13.2 Å². The lowest BCUT2D eigenvalue weighted by Crippen LogP contribution is -2.46. The summed E-state index contributed by atoms with van der Waals surface area (Å²) < 4.78 is 35.9. The molecule has 0 aromatic carbocycles. The van der Waals surface area contributed by atoms with Crippen LogP contribution in [-0.4, -0.2) is 53.0 Å². The van der Waals surface area contributed by atoms with E-state index >= 15 is 0 Å². The minimum atomic E-state index is -4.72. The Morgan fingerprint density at radius 2 is 1.93 bits per heavy atom. The normalized spacial score (nSPS) is 16.5. The molecule has 7 heteroatoms. The molecule has 0 spiro atoms. The molecule has 0 aromatic rings. The molecular weight excluding hydrogens is 215 g/mol. The van der Waals surface area contributed by atoms with Crippen molar-refractivity contribution in [1.29, 1.82) is 0 Å². The first kappa shape index (κ1) is 14.2. The van der Waals surface area contributed by atoms with Gasteiger partial charge in [0.2, 0.25) is 0 Å².